The first-order valence-corrected chi connectivity index (χ1v) is 7.92. The number of nitrogens with one attached hydrogen (secondary N) is 1. The standard InChI is InChI=1S/C14H13Cl2NO3S/c1-2-3-9(14(19)20)17-13(18)12-11(16)8-5-4-7(15)6-10(8)21-12/h4-6,9H,2-3H2,1H3,(H,17,18)(H,19,20)/t9-/m1/s1. The molecule has 2 N–H and O–H groups in total. The normalized spacial score (nSPS) is 12.3. The number of hydrogen-bond donors (Lipinski definition) is 2. The fourth-order valence-electron chi connectivity index (χ4n) is 1.95. The van der Waals surface area contributed by atoms with Crippen molar-refractivity contribution in [2.75, 3.05) is 0 Å². The molecule has 0 aliphatic heterocycles. The molecule has 112 valence electrons. The Bertz CT molecular complexity index is 699. The van der Waals surface area contributed by atoms with Gasteiger partial charge in [-0.1, -0.05) is 42.6 Å². The number of carboxylic acids is 1. The number of benzene rings is 1. The third kappa shape index (κ3) is 3.48. The van der Waals surface area contributed by atoms with Crippen molar-refractivity contribution in [1.82, 2.24) is 5.32 Å². The van der Waals surface area contributed by atoms with Gasteiger partial charge in [0.1, 0.15) is 10.9 Å². The summed E-state index contributed by atoms with van der Waals surface area (Å²) in [5.74, 6) is -1.52. The summed E-state index contributed by atoms with van der Waals surface area (Å²) < 4.78 is 0.792. The highest BCUT2D eigenvalue weighted by Crippen LogP contribution is 2.36. The fourth-order valence-corrected chi connectivity index (χ4v) is 3.65. The number of halogens is 2. The molecule has 2 rings (SSSR count). The van der Waals surface area contributed by atoms with E-state index in [0.29, 0.717) is 27.8 Å². The van der Waals surface area contributed by atoms with Crippen LogP contribution in [0.1, 0.15) is 29.4 Å². The van der Waals surface area contributed by atoms with Gasteiger partial charge in [0.15, 0.2) is 0 Å². The third-order valence-corrected chi connectivity index (χ3v) is 4.87. The molecule has 1 heterocycles. The maximum atomic E-state index is 12.2. The predicted molar refractivity (Wildman–Crippen MR) is 85.6 cm³/mol. The van der Waals surface area contributed by atoms with Crippen molar-refractivity contribution in [2.45, 2.75) is 25.8 Å². The molecule has 0 fully saturated rings. The molecule has 1 aromatic carbocycles. The van der Waals surface area contributed by atoms with Gasteiger partial charge < -0.3 is 10.4 Å². The van der Waals surface area contributed by atoms with Gasteiger partial charge >= 0.3 is 5.97 Å². The van der Waals surface area contributed by atoms with E-state index < -0.39 is 17.9 Å². The first-order chi connectivity index (χ1) is 9.93. The monoisotopic (exact) mass is 345 g/mol. The molecule has 1 atom stereocenters. The minimum atomic E-state index is -1.05. The lowest BCUT2D eigenvalue weighted by atomic mass is 10.1. The van der Waals surface area contributed by atoms with E-state index in [1.54, 1.807) is 18.2 Å². The van der Waals surface area contributed by atoms with Crippen LogP contribution in [0.25, 0.3) is 10.1 Å². The Balaban J connectivity index is 2.30. The van der Waals surface area contributed by atoms with Crippen LogP contribution in [0.4, 0.5) is 0 Å². The molecule has 2 aromatic rings. The molecule has 4 nitrogen and oxygen atoms in total. The summed E-state index contributed by atoms with van der Waals surface area (Å²) in [4.78, 5) is 23.6. The number of carboxylic acid groups (broad SMARTS) is 1. The molecule has 0 spiro atoms. The lowest BCUT2D eigenvalue weighted by Gasteiger charge is -2.12. The summed E-state index contributed by atoms with van der Waals surface area (Å²) in [5, 5.41) is 13.2. The number of rotatable bonds is 5. The lowest BCUT2D eigenvalue weighted by molar-refractivity contribution is -0.139. The first kappa shape index (κ1) is 16.1. The van der Waals surface area contributed by atoms with E-state index in [4.69, 9.17) is 28.3 Å². The summed E-state index contributed by atoms with van der Waals surface area (Å²) in [5.41, 5.74) is 0. The Kier molecular flexibility index (Phi) is 5.08. The SMILES string of the molecule is CCC[C@@H](NC(=O)c1sc2cc(Cl)ccc2c1Cl)C(=O)O. The second kappa shape index (κ2) is 6.64. The van der Waals surface area contributed by atoms with Crippen LogP contribution in [0, 0.1) is 0 Å². The van der Waals surface area contributed by atoms with Crippen LogP contribution >= 0.6 is 34.5 Å². The van der Waals surface area contributed by atoms with E-state index in [1.165, 1.54) is 11.3 Å². The molecule has 0 saturated heterocycles. The average molecular weight is 346 g/mol. The maximum absolute atomic E-state index is 12.2. The molecule has 0 aliphatic rings. The zero-order valence-electron chi connectivity index (χ0n) is 11.2. The molecule has 0 saturated carbocycles. The molecule has 0 aliphatic carbocycles. The van der Waals surface area contributed by atoms with Gasteiger partial charge in [-0.15, -0.1) is 11.3 Å². The minimum Gasteiger partial charge on any atom is -0.480 e. The molecule has 21 heavy (non-hydrogen) atoms. The average Bonchev–Trinajstić information content (AvgIpc) is 2.74. The van der Waals surface area contributed by atoms with E-state index in [0.717, 1.165) is 10.1 Å². The number of amides is 1. The third-order valence-electron chi connectivity index (χ3n) is 2.98. The van der Waals surface area contributed by atoms with Crippen molar-refractivity contribution in [3.05, 3.63) is 33.1 Å². The first-order valence-electron chi connectivity index (χ1n) is 6.35. The Labute approximate surface area is 135 Å². The van der Waals surface area contributed by atoms with Crippen molar-refractivity contribution in [1.29, 1.82) is 0 Å². The van der Waals surface area contributed by atoms with Crippen molar-refractivity contribution in [3.8, 4) is 0 Å². The molecular formula is C14H13Cl2NO3S. The Morgan fingerprint density at radius 3 is 2.71 bits per heavy atom. The van der Waals surface area contributed by atoms with E-state index in [1.807, 2.05) is 6.92 Å². The summed E-state index contributed by atoms with van der Waals surface area (Å²) in [6.45, 7) is 1.86. The van der Waals surface area contributed by atoms with Crippen molar-refractivity contribution >= 4 is 56.5 Å². The highest BCUT2D eigenvalue weighted by Gasteiger charge is 2.23. The van der Waals surface area contributed by atoms with Crippen LogP contribution in [0.15, 0.2) is 18.2 Å². The lowest BCUT2D eigenvalue weighted by Crippen LogP contribution is -2.40. The number of aliphatic carboxylic acids is 1. The second-order valence-electron chi connectivity index (χ2n) is 4.54. The minimum absolute atomic E-state index is 0.302. The van der Waals surface area contributed by atoms with Gasteiger partial charge in [-0.25, -0.2) is 4.79 Å². The van der Waals surface area contributed by atoms with E-state index in [9.17, 15) is 9.59 Å². The van der Waals surface area contributed by atoms with Gasteiger partial charge in [0.25, 0.3) is 5.91 Å². The van der Waals surface area contributed by atoms with E-state index in [-0.39, 0.29) is 0 Å². The number of thiophene rings is 1. The van der Waals surface area contributed by atoms with Gasteiger partial charge in [-0.2, -0.15) is 0 Å². The van der Waals surface area contributed by atoms with Gasteiger partial charge in [-0.3, -0.25) is 4.79 Å². The molecule has 1 amide bonds. The fraction of sp³-hybridized carbons (Fsp3) is 0.286. The van der Waals surface area contributed by atoms with Crippen molar-refractivity contribution in [3.63, 3.8) is 0 Å². The van der Waals surface area contributed by atoms with Crippen LogP contribution in [0.3, 0.4) is 0 Å². The number of hydrogen-bond acceptors (Lipinski definition) is 3. The zero-order valence-corrected chi connectivity index (χ0v) is 13.5. The molecule has 0 bridgehead atoms. The predicted octanol–water partition coefficient (Wildman–Crippen LogP) is 4.19. The Morgan fingerprint density at radius 1 is 1.38 bits per heavy atom. The van der Waals surface area contributed by atoms with Gasteiger partial charge in [0, 0.05) is 15.1 Å². The molecule has 0 radical (unpaired) electrons. The summed E-state index contributed by atoms with van der Waals surface area (Å²) >= 11 is 13.3. The Hall–Kier alpha value is -1.30. The quantitative estimate of drug-likeness (QED) is 0.853. The van der Waals surface area contributed by atoms with E-state index in [2.05, 4.69) is 5.32 Å². The van der Waals surface area contributed by atoms with Crippen LogP contribution < -0.4 is 5.32 Å². The number of carbonyl (C=O) groups excluding carboxylic acids is 1. The van der Waals surface area contributed by atoms with Crippen molar-refractivity contribution < 1.29 is 14.7 Å². The second-order valence-corrected chi connectivity index (χ2v) is 6.41. The molecule has 1 aromatic heterocycles. The molecular weight excluding hydrogens is 333 g/mol. The highest BCUT2D eigenvalue weighted by atomic mass is 35.5. The van der Waals surface area contributed by atoms with E-state index >= 15 is 0 Å². The summed E-state index contributed by atoms with van der Waals surface area (Å²) in [6, 6.07) is 4.26. The Morgan fingerprint density at radius 2 is 2.10 bits per heavy atom. The number of fused-ring (bicyclic) bond motifs is 1. The van der Waals surface area contributed by atoms with Crippen LogP contribution in [-0.2, 0) is 4.79 Å². The number of carbonyl (C=O) groups is 2. The molecule has 7 heteroatoms. The van der Waals surface area contributed by atoms with Crippen LogP contribution in [-0.4, -0.2) is 23.0 Å². The zero-order chi connectivity index (χ0) is 15.6. The van der Waals surface area contributed by atoms with Crippen LogP contribution in [0.2, 0.25) is 10.0 Å². The van der Waals surface area contributed by atoms with Gasteiger partial charge in [0.05, 0.1) is 5.02 Å². The smallest absolute Gasteiger partial charge is 0.326 e. The highest BCUT2D eigenvalue weighted by molar-refractivity contribution is 7.21. The van der Waals surface area contributed by atoms with Crippen molar-refractivity contribution in [2.24, 2.45) is 0 Å². The maximum Gasteiger partial charge on any atom is 0.326 e. The summed E-state index contributed by atoms with van der Waals surface area (Å²) in [7, 11) is 0. The topological polar surface area (TPSA) is 66.4 Å². The van der Waals surface area contributed by atoms with Gasteiger partial charge in [-0.05, 0) is 18.6 Å². The molecule has 0 unspecified atom stereocenters. The largest absolute Gasteiger partial charge is 0.480 e. The van der Waals surface area contributed by atoms with Crippen LogP contribution in [0.5, 0.6) is 0 Å². The summed E-state index contributed by atoms with van der Waals surface area (Å²) in [6.07, 6.45) is 1.03. The van der Waals surface area contributed by atoms with Gasteiger partial charge in [0.2, 0.25) is 0 Å².